The van der Waals surface area contributed by atoms with Crippen molar-refractivity contribution in [2.24, 2.45) is 0 Å². The fraction of sp³-hybridized carbons (Fsp3) is 0.269. The summed E-state index contributed by atoms with van der Waals surface area (Å²) in [6.45, 7) is 2.25. The molecule has 3 aromatic rings. The quantitative estimate of drug-likeness (QED) is 0.482. The number of quaternary nitrogens is 1. The third-order valence-corrected chi connectivity index (χ3v) is 8.78. The summed E-state index contributed by atoms with van der Waals surface area (Å²) in [5.74, 6) is 0.748. The number of fused-ring (bicyclic) bond motifs is 1. The van der Waals surface area contributed by atoms with E-state index in [4.69, 9.17) is 32.7 Å². The number of sulfonamides is 1. The molecule has 0 unspecified atom stereocenters. The molecule has 1 atom stereocenters. The van der Waals surface area contributed by atoms with E-state index < -0.39 is 16.1 Å². The minimum Gasteiger partial charge on any atom is -0.486 e. The van der Waals surface area contributed by atoms with Gasteiger partial charge in [-0.05, 0) is 30.3 Å². The first-order valence-electron chi connectivity index (χ1n) is 11.9. The summed E-state index contributed by atoms with van der Waals surface area (Å²) in [5, 5.41) is 3.77. The molecule has 2 aliphatic rings. The summed E-state index contributed by atoms with van der Waals surface area (Å²) < 4.78 is 39.3. The molecule has 0 radical (unpaired) electrons. The van der Waals surface area contributed by atoms with Crippen molar-refractivity contribution in [3.63, 3.8) is 0 Å². The third kappa shape index (κ3) is 5.71. The van der Waals surface area contributed by atoms with Crippen LogP contribution in [0.5, 0.6) is 11.5 Å². The molecule has 1 amide bonds. The van der Waals surface area contributed by atoms with Gasteiger partial charge in [-0.15, -0.1) is 0 Å². The lowest BCUT2D eigenvalue weighted by Gasteiger charge is -2.35. The minimum atomic E-state index is -3.73. The molecule has 8 nitrogen and oxygen atoms in total. The number of halogens is 2. The molecule has 11 heteroatoms. The van der Waals surface area contributed by atoms with Gasteiger partial charge >= 0.3 is 0 Å². The van der Waals surface area contributed by atoms with Gasteiger partial charge in [-0.1, -0.05) is 53.5 Å². The molecule has 0 aliphatic carbocycles. The normalized spacial score (nSPS) is 17.2. The molecule has 2 N–H and O–H groups in total. The van der Waals surface area contributed by atoms with Gasteiger partial charge in [0.2, 0.25) is 10.0 Å². The largest absolute Gasteiger partial charge is 0.486 e. The molecule has 3 aromatic carbocycles. The number of rotatable bonds is 6. The van der Waals surface area contributed by atoms with Crippen LogP contribution in [0.25, 0.3) is 0 Å². The Bertz CT molecular complexity index is 1380. The van der Waals surface area contributed by atoms with Gasteiger partial charge in [0.15, 0.2) is 17.5 Å². The van der Waals surface area contributed by atoms with E-state index >= 15 is 0 Å². The second-order valence-corrected chi connectivity index (χ2v) is 11.7. The van der Waals surface area contributed by atoms with Gasteiger partial charge < -0.3 is 19.7 Å². The summed E-state index contributed by atoms with van der Waals surface area (Å²) in [6.07, 6.45) is 0. The monoisotopic (exact) mass is 562 g/mol. The molecular weight excluding hydrogens is 537 g/mol. The maximum absolute atomic E-state index is 13.5. The van der Waals surface area contributed by atoms with Crippen LogP contribution in [0.4, 0.5) is 5.69 Å². The zero-order chi connectivity index (χ0) is 26.0. The molecule has 2 heterocycles. The fourth-order valence-corrected chi connectivity index (χ4v) is 6.68. The number of anilines is 1. The molecule has 194 valence electrons. The Morgan fingerprint density at radius 2 is 1.54 bits per heavy atom. The van der Waals surface area contributed by atoms with E-state index in [1.165, 1.54) is 10.4 Å². The Kier molecular flexibility index (Phi) is 7.60. The number of piperazine rings is 1. The highest BCUT2D eigenvalue weighted by atomic mass is 35.5. The number of ether oxygens (including phenoxy) is 2. The van der Waals surface area contributed by atoms with E-state index in [9.17, 15) is 13.2 Å². The van der Waals surface area contributed by atoms with E-state index in [1.807, 2.05) is 30.3 Å². The van der Waals surface area contributed by atoms with Crippen LogP contribution in [0, 0.1) is 0 Å². The maximum atomic E-state index is 13.5. The average Bonchev–Trinajstić information content (AvgIpc) is 2.89. The zero-order valence-electron chi connectivity index (χ0n) is 19.8. The molecule has 37 heavy (non-hydrogen) atoms. The highest BCUT2D eigenvalue weighted by Crippen LogP contribution is 2.33. The lowest BCUT2D eigenvalue weighted by Crippen LogP contribution is -3.16. The predicted octanol–water partition coefficient (Wildman–Crippen LogP) is 3.03. The summed E-state index contributed by atoms with van der Waals surface area (Å²) in [5.41, 5.74) is 1.34. The van der Waals surface area contributed by atoms with Crippen molar-refractivity contribution in [2.75, 3.05) is 44.7 Å². The van der Waals surface area contributed by atoms with E-state index in [0.29, 0.717) is 53.5 Å². The van der Waals surface area contributed by atoms with Crippen LogP contribution in [-0.4, -0.2) is 58.0 Å². The van der Waals surface area contributed by atoms with Crippen molar-refractivity contribution in [1.82, 2.24) is 4.31 Å². The van der Waals surface area contributed by atoms with Crippen molar-refractivity contribution in [1.29, 1.82) is 0 Å². The zero-order valence-corrected chi connectivity index (χ0v) is 22.2. The van der Waals surface area contributed by atoms with Crippen LogP contribution >= 0.6 is 23.2 Å². The molecule has 1 saturated heterocycles. The van der Waals surface area contributed by atoms with Gasteiger partial charge in [0.25, 0.3) is 5.91 Å². The lowest BCUT2D eigenvalue weighted by atomic mass is 10.0. The van der Waals surface area contributed by atoms with Crippen LogP contribution in [-0.2, 0) is 14.8 Å². The number of hydrogen-bond donors (Lipinski definition) is 2. The molecule has 0 aromatic heterocycles. The molecule has 5 rings (SSSR count). The van der Waals surface area contributed by atoms with Gasteiger partial charge in [-0.3, -0.25) is 4.79 Å². The number of nitrogens with one attached hydrogen (secondary N) is 2. The van der Waals surface area contributed by atoms with Gasteiger partial charge in [-0.25, -0.2) is 8.42 Å². The van der Waals surface area contributed by atoms with Gasteiger partial charge in [0.1, 0.15) is 13.2 Å². The Hall–Kier alpha value is -2.82. The van der Waals surface area contributed by atoms with Crippen molar-refractivity contribution < 1.29 is 27.6 Å². The number of nitrogens with zero attached hydrogens (tertiary/aromatic N) is 1. The standard InChI is InChI=1S/C26H25Cl2N3O5S/c27-19-14-20(28)16-21(15-19)29-26(32)25(18-4-2-1-3-5-18)30-8-10-31(11-9-30)37(33,34)22-6-7-23-24(17-22)36-13-12-35-23/h1-7,14-17,25H,8-13H2,(H,29,32)/p+1/t25-/m0/s1. The number of benzene rings is 3. The topological polar surface area (TPSA) is 89.4 Å². The molecule has 0 saturated carbocycles. The first-order valence-corrected chi connectivity index (χ1v) is 14.1. The van der Waals surface area contributed by atoms with E-state index in [2.05, 4.69) is 5.32 Å². The average molecular weight is 563 g/mol. The molecular formula is C26H26Cl2N3O5S+. The Morgan fingerprint density at radius 1 is 0.892 bits per heavy atom. The lowest BCUT2D eigenvalue weighted by molar-refractivity contribution is -0.925. The molecule has 0 bridgehead atoms. The Labute approximate surface area is 225 Å². The smallest absolute Gasteiger partial charge is 0.287 e. The van der Waals surface area contributed by atoms with Crippen LogP contribution in [0.3, 0.4) is 0 Å². The number of amides is 1. The summed E-state index contributed by atoms with van der Waals surface area (Å²) in [6, 6.07) is 18.5. The van der Waals surface area contributed by atoms with E-state index in [0.717, 1.165) is 10.5 Å². The fourth-order valence-electron chi connectivity index (χ4n) is 4.69. The van der Waals surface area contributed by atoms with Crippen molar-refractivity contribution in [2.45, 2.75) is 10.9 Å². The first kappa shape index (κ1) is 25.8. The molecule has 1 fully saturated rings. The number of carbonyl (C=O) groups excluding carboxylic acids is 1. The molecule has 0 spiro atoms. The Balaban J connectivity index is 1.33. The summed E-state index contributed by atoms with van der Waals surface area (Å²) in [7, 11) is -3.73. The Morgan fingerprint density at radius 3 is 2.22 bits per heavy atom. The second-order valence-electron chi connectivity index (χ2n) is 8.86. The number of hydrogen-bond acceptors (Lipinski definition) is 5. The second kappa shape index (κ2) is 10.9. The summed E-state index contributed by atoms with van der Waals surface area (Å²) in [4.78, 5) is 14.6. The first-order chi connectivity index (χ1) is 17.8. The van der Waals surface area contributed by atoms with Crippen molar-refractivity contribution in [3.05, 3.63) is 82.3 Å². The molecule has 2 aliphatic heterocycles. The van der Waals surface area contributed by atoms with Crippen LogP contribution in [0.15, 0.2) is 71.6 Å². The minimum absolute atomic E-state index is 0.162. The van der Waals surface area contributed by atoms with Crippen LogP contribution in [0.1, 0.15) is 11.6 Å². The van der Waals surface area contributed by atoms with Gasteiger partial charge in [0.05, 0.1) is 31.1 Å². The highest BCUT2D eigenvalue weighted by molar-refractivity contribution is 7.89. The van der Waals surface area contributed by atoms with Crippen molar-refractivity contribution >= 4 is 44.8 Å². The third-order valence-electron chi connectivity index (χ3n) is 6.45. The maximum Gasteiger partial charge on any atom is 0.287 e. The highest BCUT2D eigenvalue weighted by Gasteiger charge is 2.38. The predicted molar refractivity (Wildman–Crippen MR) is 141 cm³/mol. The van der Waals surface area contributed by atoms with Crippen LogP contribution < -0.4 is 19.7 Å². The van der Waals surface area contributed by atoms with Gasteiger partial charge in [0, 0.05) is 27.4 Å². The van der Waals surface area contributed by atoms with E-state index in [-0.39, 0.29) is 23.9 Å². The van der Waals surface area contributed by atoms with E-state index in [1.54, 1.807) is 30.3 Å². The summed E-state index contributed by atoms with van der Waals surface area (Å²) >= 11 is 12.2. The SMILES string of the molecule is O=C(Nc1cc(Cl)cc(Cl)c1)[C@H](c1ccccc1)[NH+]1CCN(S(=O)(=O)c2ccc3c(c2)OCCO3)CC1. The van der Waals surface area contributed by atoms with Gasteiger partial charge in [-0.2, -0.15) is 4.31 Å². The van der Waals surface area contributed by atoms with Crippen LogP contribution in [0.2, 0.25) is 10.0 Å². The van der Waals surface area contributed by atoms with Crippen molar-refractivity contribution in [3.8, 4) is 11.5 Å². The number of carbonyl (C=O) groups is 1.